The van der Waals surface area contributed by atoms with E-state index in [4.69, 9.17) is 0 Å². The minimum Gasteiger partial charge on any atom is -0.339 e. The van der Waals surface area contributed by atoms with E-state index in [1.807, 2.05) is 35.7 Å². The van der Waals surface area contributed by atoms with E-state index in [-0.39, 0.29) is 5.56 Å². The molecule has 2 aromatic heterocycles. The van der Waals surface area contributed by atoms with Gasteiger partial charge in [-0.2, -0.15) is 0 Å². The first-order chi connectivity index (χ1) is 13.1. The SMILES string of the molecule is O=C(NC(c1ccccc1)c1nccs1)c1cc(=O)[nH]c2ccc(F)cc12. The summed E-state index contributed by atoms with van der Waals surface area (Å²) in [6.07, 6.45) is 1.67. The fraction of sp³-hybridized carbons (Fsp3) is 0.0500. The number of aromatic amines is 1. The van der Waals surface area contributed by atoms with Crippen LogP contribution in [0.1, 0.15) is 27.0 Å². The van der Waals surface area contributed by atoms with Crippen LogP contribution in [0.2, 0.25) is 0 Å². The van der Waals surface area contributed by atoms with Gasteiger partial charge in [-0.3, -0.25) is 9.59 Å². The molecule has 0 bridgehead atoms. The number of H-pyrrole nitrogens is 1. The molecule has 0 aliphatic carbocycles. The number of amides is 1. The van der Waals surface area contributed by atoms with Crippen molar-refractivity contribution in [1.29, 1.82) is 0 Å². The van der Waals surface area contributed by atoms with Crippen molar-refractivity contribution in [3.05, 3.63) is 98.5 Å². The van der Waals surface area contributed by atoms with Gasteiger partial charge >= 0.3 is 0 Å². The van der Waals surface area contributed by atoms with Crippen LogP contribution in [0.3, 0.4) is 0 Å². The van der Waals surface area contributed by atoms with Gasteiger partial charge in [-0.05, 0) is 23.8 Å². The number of fused-ring (bicyclic) bond motifs is 1. The Morgan fingerprint density at radius 2 is 1.96 bits per heavy atom. The largest absolute Gasteiger partial charge is 0.339 e. The quantitative estimate of drug-likeness (QED) is 0.568. The summed E-state index contributed by atoms with van der Waals surface area (Å²) in [5, 5.41) is 5.82. The van der Waals surface area contributed by atoms with Crippen LogP contribution in [0.4, 0.5) is 4.39 Å². The summed E-state index contributed by atoms with van der Waals surface area (Å²) < 4.78 is 13.7. The third-order valence-corrected chi connectivity index (χ3v) is 5.00. The summed E-state index contributed by atoms with van der Waals surface area (Å²) in [5.41, 5.74) is 0.955. The number of pyridine rings is 1. The summed E-state index contributed by atoms with van der Waals surface area (Å²) in [4.78, 5) is 31.9. The van der Waals surface area contributed by atoms with Crippen molar-refractivity contribution in [3.8, 4) is 0 Å². The Labute approximate surface area is 157 Å². The molecule has 5 nitrogen and oxygen atoms in total. The standard InChI is InChI=1S/C20H14FN3O2S/c21-13-6-7-16-14(10-13)15(11-17(25)23-16)19(26)24-18(20-22-8-9-27-20)12-4-2-1-3-5-12/h1-11,18H,(H,23,25)(H,24,26). The zero-order chi connectivity index (χ0) is 18.8. The van der Waals surface area contributed by atoms with Crippen LogP contribution in [-0.4, -0.2) is 15.9 Å². The zero-order valence-electron chi connectivity index (χ0n) is 14.0. The van der Waals surface area contributed by atoms with E-state index in [1.165, 1.54) is 35.6 Å². The Morgan fingerprint density at radius 3 is 2.70 bits per heavy atom. The lowest BCUT2D eigenvalue weighted by Crippen LogP contribution is -2.30. The van der Waals surface area contributed by atoms with E-state index < -0.39 is 23.3 Å². The highest BCUT2D eigenvalue weighted by Gasteiger charge is 2.21. The second-order valence-corrected chi connectivity index (χ2v) is 6.85. The Balaban J connectivity index is 1.77. The molecular weight excluding hydrogens is 365 g/mol. The number of nitrogens with zero attached hydrogens (tertiary/aromatic N) is 1. The number of carbonyl (C=O) groups excluding carboxylic acids is 1. The average Bonchev–Trinajstić information content (AvgIpc) is 3.21. The molecule has 2 heterocycles. The lowest BCUT2D eigenvalue weighted by Gasteiger charge is -2.17. The topological polar surface area (TPSA) is 74.8 Å². The van der Waals surface area contributed by atoms with Crippen molar-refractivity contribution < 1.29 is 9.18 Å². The Morgan fingerprint density at radius 1 is 1.15 bits per heavy atom. The second kappa shape index (κ2) is 7.13. The van der Waals surface area contributed by atoms with Crippen LogP contribution in [0.15, 0.2) is 71.0 Å². The van der Waals surface area contributed by atoms with E-state index in [2.05, 4.69) is 15.3 Å². The number of nitrogens with one attached hydrogen (secondary N) is 2. The van der Waals surface area contributed by atoms with Crippen LogP contribution < -0.4 is 10.9 Å². The summed E-state index contributed by atoms with van der Waals surface area (Å²) in [6.45, 7) is 0. The minimum absolute atomic E-state index is 0.116. The summed E-state index contributed by atoms with van der Waals surface area (Å²) in [6, 6.07) is 14.0. The first kappa shape index (κ1) is 17.1. The van der Waals surface area contributed by atoms with Gasteiger partial charge < -0.3 is 10.3 Å². The maximum atomic E-state index is 13.7. The number of rotatable bonds is 4. The fourth-order valence-electron chi connectivity index (χ4n) is 2.93. The van der Waals surface area contributed by atoms with Crippen LogP contribution in [-0.2, 0) is 0 Å². The molecule has 1 amide bonds. The van der Waals surface area contributed by atoms with E-state index in [0.717, 1.165) is 10.6 Å². The first-order valence-corrected chi connectivity index (χ1v) is 9.07. The van der Waals surface area contributed by atoms with Gasteiger partial charge in [-0.15, -0.1) is 11.3 Å². The van der Waals surface area contributed by atoms with Gasteiger partial charge in [0.2, 0.25) is 5.56 Å². The molecule has 2 N–H and O–H groups in total. The molecule has 0 radical (unpaired) electrons. The van der Waals surface area contributed by atoms with Crippen molar-refractivity contribution >= 4 is 28.1 Å². The van der Waals surface area contributed by atoms with Gasteiger partial charge in [-0.1, -0.05) is 30.3 Å². The third kappa shape index (κ3) is 3.50. The molecule has 0 saturated carbocycles. The monoisotopic (exact) mass is 379 g/mol. The van der Waals surface area contributed by atoms with Crippen molar-refractivity contribution in [3.63, 3.8) is 0 Å². The van der Waals surface area contributed by atoms with Gasteiger partial charge in [0.25, 0.3) is 5.91 Å². The molecule has 0 aliphatic heterocycles. The Kier molecular flexibility index (Phi) is 4.52. The van der Waals surface area contributed by atoms with Crippen molar-refractivity contribution in [2.24, 2.45) is 0 Å². The highest BCUT2D eigenvalue weighted by Crippen LogP contribution is 2.25. The molecule has 134 valence electrons. The molecule has 7 heteroatoms. The normalized spacial score (nSPS) is 12.0. The summed E-state index contributed by atoms with van der Waals surface area (Å²) in [7, 11) is 0. The van der Waals surface area contributed by atoms with Crippen LogP contribution >= 0.6 is 11.3 Å². The van der Waals surface area contributed by atoms with E-state index >= 15 is 0 Å². The smallest absolute Gasteiger partial charge is 0.253 e. The molecule has 0 fully saturated rings. The van der Waals surface area contributed by atoms with Gasteiger partial charge in [0, 0.05) is 28.5 Å². The van der Waals surface area contributed by atoms with Gasteiger partial charge in [0.15, 0.2) is 0 Å². The van der Waals surface area contributed by atoms with Crippen LogP contribution in [0.25, 0.3) is 10.9 Å². The molecule has 4 rings (SSSR count). The number of hydrogen-bond acceptors (Lipinski definition) is 4. The molecule has 2 aromatic carbocycles. The zero-order valence-corrected chi connectivity index (χ0v) is 14.8. The maximum Gasteiger partial charge on any atom is 0.253 e. The number of thiazole rings is 1. The Hall–Kier alpha value is -3.32. The predicted octanol–water partition coefficient (Wildman–Crippen LogP) is 3.64. The molecule has 0 spiro atoms. The van der Waals surface area contributed by atoms with E-state index in [0.29, 0.717) is 10.9 Å². The third-order valence-electron chi connectivity index (χ3n) is 4.16. The van der Waals surface area contributed by atoms with Crippen molar-refractivity contribution in [1.82, 2.24) is 15.3 Å². The number of benzene rings is 2. The van der Waals surface area contributed by atoms with Crippen molar-refractivity contribution in [2.75, 3.05) is 0 Å². The summed E-state index contributed by atoms with van der Waals surface area (Å²) >= 11 is 1.42. The maximum absolute atomic E-state index is 13.7. The lowest BCUT2D eigenvalue weighted by atomic mass is 10.0. The molecule has 0 aliphatic rings. The number of aromatic nitrogens is 2. The van der Waals surface area contributed by atoms with Crippen molar-refractivity contribution in [2.45, 2.75) is 6.04 Å². The molecule has 1 unspecified atom stereocenters. The number of halogens is 1. The van der Waals surface area contributed by atoms with Crippen LogP contribution in [0, 0.1) is 5.82 Å². The van der Waals surface area contributed by atoms with Gasteiger partial charge in [0.1, 0.15) is 16.9 Å². The minimum atomic E-state index is -0.483. The van der Waals surface area contributed by atoms with Crippen LogP contribution in [0.5, 0.6) is 0 Å². The van der Waals surface area contributed by atoms with Gasteiger partial charge in [0.05, 0.1) is 5.56 Å². The van der Waals surface area contributed by atoms with E-state index in [1.54, 1.807) is 6.20 Å². The molecule has 27 heavy (non-hydrogen) atoms. The predicted molar refractivity (Wildman–Crippen MR) is 102 cm³/mol. The van der Waals surface area contributed by atoms with Gasteiger partial charge in [-0.25, -0.2) is 9.37 Å². The molecular formula is C20H14FN3O2S. The Bertz CT molecular complexity index is 1160. The number of hydrogen-bond donors (Lipinski definition) is 2. The highest BCUT2D eigenvalue weighted by atomic mass is 32.1. The van der Waals surface area contributed by atoms with E-state index in [9.17, 15) is 14.0 Å². The summed E-state index contributed by atoms with van der Waals surface area (Å²) in [5.74, 6) is -0.955. The number of carbonyl (C=O) groups is 1. The highest BCUT2D eigenvalue weighted by molar-refractivity contribution is 7.09. The molecule has 0 saturated heterocycles. The molecule has 4 aromatic rings. The fourth-order valence-corrected chi connectivity index (χ4v) is 3.65. The lowest BCUT2D eigenvalue weighted by molar-refractivity contribution is 0.0944. The second-order valence-electron chi connectivity index (χ2n) is 5.92. The average molecular weight is 379 g/mol. The molecule has 1 atom stereocenters. The first-order valence-electron chi connectivity index (χ1n) is 8.19.